The fraction of sp³-hybridized carbons (Fsp3) is 0.280. The Bertz CT molecular complexity index is 1010. The van der Waals surface area contributed by atoms with E-state index in [2.05, 4.69) is 0 Å². The minimum atomic E-state index is -0.560. The Kier molecular flexibility index (Phi) is 5.80. The van der Waals surface area contributed by atoms with Crippen LogP contribution in [0.3, 0.4) is 0 Å². The van der Waals surface area contributed by atoms with Crippen molar-refractivity contribution in [2.75, 3.05) is 0 Å². The number of hydrogen-bond acceptors (Lipinski definition) is 5. The number of nitrogens with two attached hydrogens (primary N) is 1. The molecule has 1 heterocycles. The molecule has 2 N–H and O–H groups in total. The highest BCUT2D eigenvalue weighted by atomic mass is 16.7. The Labute approximate surface area is 184 Å². The highest BCUT2D eigenvalue weighted by Gasteiger charge is 2.53. The summed E-state index contributed by atoms with van der Waals surface area (Å²) in [6.07, 6.45) is 0. The second-order valence-corrected chi connectivity index (χ2v) is 8.69. The van der Waals surface area contributed by atoms with Crippen LogP contribution in [-0.2, 0) is 9.31 Å². The Morgan fingerprint density at radius 2 is 1.19 bits per heavy atom. The highest BCUT2D eigenvalue weighted by molar-refractivity contribution is 6.47. The van der Waals surface area contributed by atoms with Gasteiger partial charge < -0.3 is 24.5 Å². The lowest BCUT2D eigenvalue weighted by atomic mass is 9.75. The van der Waals surface area contributed by atoms with Crippen LogP contribution in [0, 0.1) is 0 Å². The van der Waals surface area contributed by atoms with Crippen LogP contribution < -0.4 is 15.2 Å². The van der Waals surface area contributed by atoms with Crippen molar-refractivity contribution < 1.29 is 18.8 Å². The largest absolute Gasteiger partial charge is 0.480 e. The molecule has 4 rings (SSSR count). The first kappa shape index (κ1) is 21.4. The first-order chi connectivity index (χ1) is 14.7. The molecule has 160 valence electrons. The maximum Gasteiger partial charge on any atom is 0.480 e. The van der Waals surface area contributed by atoms with Crippen LogP contribution in [0.15, 0.2) is 78.9 Å². The average molecular weight is 417 g/mol. The van der Waals surface area contributed by atoms with Gasteiger partial charge in [0, 0.05) is 0 Å². The van der Waals surface area contributed by atoms with Crippen LogP contribution in [-0.4, -0.2) is 18.3 Å². The molecule has 1 aliphatic heterocycles. The van der Waals surface area contributed by atoms with Gasteiger partial charge in [0.05, 0.1) is 17.1 Å². The summed E-state index contributed by atoms with van der Waals surface area (Å²) in [6.45, 7) is 8.06. The van der Waals surface area contributed by atoms with Gasteiger partial charge in [-0.1, -0.05) is 42.5 Å². The second-order valence-electron chi connectivity index (χ2n) is 8.69. The van der Waals surface area contributed by atoms with E-state index in [1.807, 2.05) is 107 Å². The third-order valence-electron chi connectivity index (χ3n) is 5.86. The van der Waals surface area contributed by atoms with Gasteiger partial charge >= 0.3 is 7.12 Å². The molecule has 3 aromatic carbocycles. The molecule has 3 aromatic rings. The lowest BCUT2D eigenvalue weighted by molar-refractivity contribution is 0.00578. The lowest BCUT2D eigenvalue weighted by Gasteiger charge is -2.32. The summed E-state index contributed by atoms with van der Waals surface area (Å²) in [5.74, 6) is 2.12. The van der Waals surface area contributed by atoms with Gasteiger partial charge in [-0.3, -0.25) is 0 Å². The molecule has 5 nitrogen and oxygen atoms in total. The summed E-state index contributed by atoms with van der Waals surface area (Å²) in [5, 5.41) is 0. The molecule has 0 aliphatic carbocycles. The smallest absolute Gasteiger partial charge is 0.453 e. The van der Waals surface area contributed by atoms with Gasteiger partial charge in [-0.25, -0.2) is 0 Å². The summed E-state index contributed by atoms with van der Waals surface area (Å²) in [4.78, 5) is 0. The Morgan fingerprint density at radius 3 is 1.71 bits per heavy atom. The SMILES string of the molecule is CC1(C)OB([C@@H](N)c2ccc(Oc3ccccc3)c(Oc3ccccc3)c2)OC1(C)C. The minimum absolute atomic E-state index is 0.449. The van der Waals surface area contributed by atoms with E-state index in [-0.39, 0.29) is 0 Å². The van der Waals surface area contributed by atoms with Crippen molar-refractivity contribution >= 4 is 7.12 Å². The van der Waals surface area contributed by atoms with E-state index in [0.29, 0.717) is 17.2 Å². The summed E-state index contributed by atoms with van der Waals surface area (Å²) in [6, 6.07) is 24.9. The van der Waals surface area contributed by atoms with Gasteiger partial charge in [0.25, 0.3) is 0 Å². The third-order valence-corrected chi connectivity index (χ3v) is 5.86. The molecular formula is C25H28BNO4. The van der Waals surface area contributed by atoms with Crippen molar-refractivity contribution in [3.63, 3.8) is 0 Å². The molecule has 31 heavy (non-hydrogen) atoms. The van der Waals surface area contributed by atoms with Crippen molar-refractivity contribution in [3.8, 4) is 23.0 Å². The zero-order valence-corrected chi connectivity index (χ0v) is 18.4. The van der Waals surface area contributed by atoms with Crippen LogP contribution in [0.1, 0.15) is 39.2 Å². The molecule has 0 radical (unpaired) electrons. The van der Waals surface area contributed by atoms with Crippen molar-refractivity contribution in [2.24, 2.45) is 5.73 Å². The molecule has 0 aromatic heterocycles. The molecule has 0 saturated carbocycles. The first-order valence-electron chi connectivity index (χ1n) is 10.5. The van der Waals surface area contributed by atoms with E-state index in [0.717, 1.165) is 11.3 Å². The van der Waals surface area contributed by atoms with Crippen LogP contribution in [0.2, 0.25) is 0 Å². The van der Waals surface area contributed by atoms with E-state index < -0.39 is 24.3 Å². The molecule has 1 saturated heterocycles. The normalized spacial score (nSPS) is 17.9. The molecule has 6 heteroatoms. The van der Waals surface area contributed by atoms with E-state index in [9.17, 15) is 0 Å². The van der Waals surface area contributed by atoms with Gasteiger partial charge in [-0.2, -0.15) is 0 Å². The van der Waals surface area contributed by atoms with Gasteiger partial charge in [-0.05, 0) is 69.7 Å². The standard InChI is InChI=1S/C25H28BNO4/c1-24(2)25(3,4)31-26(30-24)23(27)18-15-16-21(28-19-11-7-5-8-12-19)22(17-18)29-20-13-9-6-10-14-20/h5-17,23H,27H2,1-4H3/t23-/m0/s1. The second kappa shape index (κ2) is 8.38. The van der Waals surface area contributed by atoms with Crippen LogP contribution in [0.4, 0.5) is 0 Å². The summed E-state index contributed by atoms with van der Waals surface area (Å²) < 4.78 is 24.5. The maximum absolute atomic E-state index is 6.56. The van der Waals surface area contributed by atoms with E-state index in [1.54, 1.807) is 0 Å². The average Bonchev–Trinajstić information content (AvgIpc) is 2.97. The highest BCUT2D eigenvalue weighted by Crippen LogP contribution is 2.41. The van der Waals surface area contributed by atoms with Gasteiger partial charge in [0.15, 0.2) is 11.5 Å². The van der Waals surface area contributed by atoms with Crippen LogP contribution >= 0.6 is 0 Å². The molecule has 1 atom stereocenters. The predicted molar refractivity (Wildman–Crippen MR) is 122 cm³/mol. The van der Waals surface area contributed by atoms with Crippen molar-refractivity contribution in [2.45, 2.75) is 44.8 Å². The van der Waals surface area contributed by atoms with E-state index in [4.69, 9.17) is 24.5 Å². The van der Waals surface area contributed by atoms with Gasteiger partial charge in [-0.15, -0.1) is 0 Å². The molecular weight excluding hydrogens is 389 g/mol. The molecule has 0 amide bonds. The number of rotatable bonds is 6. The van der Waals surface area contributed by atoms with Gasteiger partial charge in [0.1, 0.15) is 11.5 Å². The number of ether oxygens (including phenoxy) is 2. The predicted octanol–water partition coefficient (Wildman–Crippen LogP) is 5.90. The number of hydrogen-bond donors (Lipinski definition) is 1. The van der Waals surface area contributed by atoms with Crippen LogP contribution in [0.25, 0.3) is 0 Å². The molecule has 0 bridgehead atoms. The van der Waals surface area contributed by atoms with Crippen molar-refractivity contribution in [3.05, 3.63) is 84.4 Å². The van der Waals surface area contributed by atoms with Crippen molar-refractivity contribution in [1.82, 2.24) is 0 Å². The molecule has 1 aliphatic rings. The Hall–Kier alpha value is -2.80. The summed E-state index contributed by atoms with van der Waals surface area (Å²) >= 11 is 0. The fourth-order valence-corrected chi connectivity index (χ4v) is 3.32. The quantitative estimate of drug-likeness (QED) is 0.506. The Morgan fingerprint density at radius 1 is 0.710 bits per heavy atom. The van der Waals surface area contributed by atoms with Gasteiger partial charge in [0.2, 0.25) is 0 Å². The van der Waals surface area contributed by atoms with Crippen molar-refractivity contribution in [1.29, 1.82) is 0 Å². The lowest BCUT2D eigenvalue weighted by Crippen LogP contribution is -2.41. The maximum atomic E-state index is 6.56. The molecule has 0 spiro atoms. The monoisotopic (exact) mass is 417 g/mol. The molecule has 1 fully saturated rings. The third kappa shape index (κ3) is 4.61. The number of para-hydroxylation sites is 2. The first-order valence-corrected chi connectivity index (χ1v) is 10.5. The Balaban J connectivity index is 1.64. The topological polar surface area (TPSA) is 62.9 Å². The minimum Gasteiger partial charge on any atom is -0.453 e. The zero-order chi connectivity index (χ0) is 22.1. The van der Waals surface area contributed by atoms with E-state index in [1.165, 1.54) is 0 Å². The van der Waals surface area contributed by atoms with E-state index >= 15 is 0 Å². The fourth-order valence-electron chi connectivity index (χ4n) is 3.32. The molecule has 0 unspecified atom stereocenters. The number of benzene rings is 3. The zero-order valence-electron chi connectivity index (χ0n) is 18.4. The van der Waals surface area contributed by atoms with Crippen LogP contribution in [0.5, 0.6) is 23.0 Å². The summed E-state index contributed by atoms with van der Waals surface area (Å²) in [5.41, 5.74) is 6.50. The summed E-state index contributed by atoms with van der Waals surface area (Å²) in [7, 11) is -0.560.